The van der Waals surface area contributed by atoms with Gasteiger partial charge >= 0.3 is 98.7 Å². The maximum absolute atomic E-state index is 12.1. The Hall–Kier alpha value is -3.03. The Kier molecular flexibility index (Phi) is 8.69. The van der Waals surface area contributed by atoms with Gasteiger partial charge in [0.15, 0.2) is 5.78 Å². The predicted octanol–water partition coefficient (Wildman–Crippen LogP) is 2.49. The van der Waals surface area contributed by atoms with Crippen LogP contribution >= 0.6 is 11.6 Å². The van der Waals surface area contributed by atoms with Gasteiger partial charge in [-0.2, -0.15) is 0 Å². The molecule has 1 amide bonds. The summed E-state index contributed by atoms with van der Waals surface area (Å²) in [4.78, 5) is 23.0. The molecule has 0 aromatic heterocycles. The number of para-hydroxylation sites is 1. The summed E-state index contributed by atoms with van der Waals surface area (Å²) in [7, 11) is 1.57. The number of benzene rings is 3. The number of rotatable bonds is 5. The maximum Gasteiger partial charge on any atom is 0.196 e. The molecule has 3 aromatic carbocycles. The van der Waals surface area contributed by atoms with Gasteiger partial charge in [-0.1, -0.05) is 42.5 Å². The fourth-order valence-electron chi connectivity index (χ4n) is 2.69. The molecule has 0 fully saturated rings. The second-order valence-corrected chi connectivity index (χ2v) is 10.2. The van der Waals surface area contributed by atoms with Crippen molar-refractivity contribution < 1.29 is 31.4 Å². The quantitative estimate of drug-likeness (QED) is 0.230. The summed E-state index contributed by atoms with van der Waals surface area (Å²) in [6, 6.07) is 18.5. The fourth-order valence-corrected chi connectivity index (χ4v) is 4.68. The number of ether oxygens (including phenoxy) is 1. The number of hydrogen-bond acceptors (Lipinski definition) is 5. The maximum atomic E-state index is 12.1. The van der Waals surface area contributed by atoms with Gasteiger partial charge in [0.25, 0.3) is 0 Å². The molecule has 0 aliphatic carbocycles. The number of amides is 1. The molecule has 3 rings (SSSR count). The van der Waals surface area contributed by atoms with E-state index >= 15 is 0 Å². The van der Waals surface area contributed by atoms with Crippen LogP contribution in [0.3, 0.4) is 0 Å². The van der Waals surface area contributed by atoms with Crippen LogP contribution in [0.5, 0.6) is 11.5 Å². The fraction of sp³-hybridized carbons (Fsp3) is 0.0909. The van der Waals surface area contributed by atoms with Crippen LogP contribution in [0, 0.1) is 0 Å². The van der Waals surface area contributed by atoms with Gasteiger partial charge in [-0.25, -0.2) is 0 Å². The number of ketones is 1. The Morgan fingerprint density at radius 2 is 1.59 bits per heavy atom. The number of carbonyl (C=O) groups excluding carboxylic acids is 2. The molecule has 0 saturated heterocycles. The van der Waals surface area contributed by atoms with E-state index in [2.05, 4.69) is 5.32 Å². The van der Waals surface area contributed by atoms with Gasteiger partial charge < -0.3 is 4.74 Å². The number of aromatic hydroxyl groups is 1. The first kappa shape index (κ1) is 25.2. The van der Waals surface area contributed by atoms with Crippen molar-refractivity contribution in [2.75, 3.05) is 12.4 Å². The van der Waals surface area contributed by atoms with Gasteiger partial charge in [0.1, 0.15) is 5.75 Å². The largest absolute Gasteiger partial charge is 0.496 e. The average Bonchev–Trinajstić information content (AvgIpc) is 2.75. The third-order valence-corrected chi connectivity index (χ3v) is 6.34. The molecule has 0 unspecified atom stereocenters. The number of anilines is 1. The van der Waals surface area contributed by atoms with Crippen LogP contribution in [0.4, 0.5) is 5.69 Å². The normalized spacial score (nSPS) is 10.5. The van der Waals surface area contributed by atoms with Gasteiger partial charge in [0.2, 0.25) is 0 Å². The molecule has 0 aliphatic heterocycles. The smallest absolute Gasteiger partial charge is 0.196 e. The van der Waals surface area contributed by atoms with E-state index in [9.17, 15) is 18.4 Å². The molecule has 10 heteroatoms. The minimum atomic E-state index is -5.26. The van der Waals surface area contributed by atoms with Crippen LogP contribution in [0.25, 0.3) is 0 Å². The average molecular weight is 522 g/mol. The van der Waals surface area contributed by atoms with Gasteiger partial charge in [-0.15, -0.1) is 0 Å². The van der Waals surface area contributed by atoms with Crippen LogP contribution in [-0.2, 0) is 8.53 Å². The van der Waals surface area contributed by atoms with E-state index in [1.54, 1.807) is 31.4 Å². The van der Waals surface area contributed by atoms with E-state index in [4.69, 9.17) is 24.5 Å². The first-order valence-corrected chi connectivity index (χ1v) is 12.9. The summed E-state index contributed by atoms with van der Waals surface area (Å²) in [5, 5.41) is 11.6. The molecule has 0 radical (unpaired) electrons. The van der Waals surface area contributed by atoms with Crippen LogP contribution in [-0.4, -0.2) is 46.3 Å². The molecule has 4 N–H and O–H groups in total. The first-order chi connectivity index (χ1) is 15.0. The number of halogens is 1. The molecule has 168 valence electrons. The summed E-state index contributed by atoms with van der Waals surface area (Å²) in [6.07, 6.45) is 0. The molecule has 32 heavy (non-hydrogen) atoms. The van der Waals surface area contributed by atoms with Crippen molar-refractivity contribution in [2.24, 2.45) is 0 Å². The van der Waals surface area contributed by atoms with Gasteiger partial charge in [0, 0.05) is 5.56 Å². The Morgan fingerprint density at radius 3 is 2.16 bits per heavy atom. The molecule has 0 saturated carbocycles. The summed E-state index contributed by atoms with van der Waals surface area (Å²) in [5.74, 6) is -0.445. The second kappa shape index (κ2) is 11.0. The molecule has 0 spiro atoms. The van der Waals surface area contributed by atoms with E-state index in [0.29, 0.717) is 16.9 Å². The molecular formula is C22H21AsClNO7. The third-order valence-electron chi connectivity index (χ3n) is 4.06. The first-order valence-electron chi connectivity index (χ1n) is 9.13. The Morgan fingerprint density at radius 1 is 1.00 bits per heavy atom. The van der Waals surface area contributed by atoms with E-state index < -0.39 is 30.2 Å². The van der Waals surface area contributed by atoms with Crippen molar-refractivity contribution in [1.29, 1.82) is 0 Å². The summed E-state index contributed by atoms with van der Waals surface area (Å²) in [5.41, 5.74) is 0.965. The Labute approximate surface area is 192 Å². The zero-order valence-corrected chi connectivity index (χ0v) is 19.8. The molecule has 0 bridgehead atoms. The summed E-state index contributed by atoms with van der Waals surface area (Å²) in [6.45, 7) is 1.16. The van der Waals surface area contributed by atoms with Crippen molar-refractivity contribution in [2.45, 2.75) is 6.92 Å². The van der Waals surface area contributed by atoms with Crippen LogP contribution in [0.1, 0.15) is 22.8 Å². The number of hydrogen-bond donors (Lipinski definition) is 4. The van der Waals surface area contributed by atoms with Crippen molar-refractivity contribution >= 4 is 47.5 Å². The Balaban J connectivity index is 0.000000227. The number of carbonyl (C=O) groups is 2. The number of phenolic OH excluding ortho intramolecular Hbond substituents is 1. The Bertz CT molecular complexity index is 1160. The second-order valence-electron chi connectivity index (χ2n) is 6.44. The third kappa shape index (κ3) is 6.73. The molecule has 3 aromatic rings. The minimum absolute atomic E-state index is 0.0157. The SMILES string of the molecule is CC(=O)Nc1c(O)cc(Cl)cc1[As](=O)(O)O.COc1ccccc1C(=O)c1ccccc1. The van der Waals surface area contributed by atoms with E-state index in [1.807, 2.05) is 30.3 Å². The summed E-state index contributed by atoms with van der Waals surface area (Å²) < 4.78 is 34.0. The zero-order chi connectivity index (χ0) is 23.9. The van der Waals surface area contributed by atoms with Crippen LogP contribution in [0.2, 0.25) is 5.02 Å². The molecule has 0 heterocycles. The van der Waals surface area contributed by atoms with Gasteiger partial charge in [-0.05, 0) is 12.1 Å². The van der Waals surface area contributed by atoms with E-state index in [0.717, 1.165) is 19.1 Å². The molecule has 8 nitrogen and oxygen atoms in total. The number of nitrogens with one attached hydrogen (secondary N) is 1. The van der Waals surface area contributed by atoms with Gasteiger partial charge in [-0.3, -0.25) is 4.79 Å². The minimum Gasteiger partial charge on any atom is -0.496 e. The molecule has 0 atom stereocenters. The molecular weight excluding hydrogens is 501 g/mol. The number of methoxy groups -OCH3 is 1. The van der Waals surface area contributed by atoms with Gasteiger partial charge in [0.05, 0.1) is 12.7 Å². The van der Waals surface area contributed by atoms with Crippen LogP contribution < -0.4 is 14.4 Å². The predicted molar refractivity (Wildman–Crippen MR) is 121 cm³/mol. The van der Waals surface area contributed by atoms with Crippen molar-refractivity contribution in [1.82, 2.24) is 0 Å². The number of phenols is 1. The van der Waals surface area contributed by atoms with E-state index in [-0.39, 0.29) is 16.5 Å². The van der Waals surface area contributed by atoms with Crippen molar-refractivity contribution in [3.8, 4) is 11.5 Å². The monoisotopic (exact) mass is 521 g/mol. The van der Waals surface area contributed by atoms with Crippen molar-refractivity contribution in [3.63, 3.8) is 0 Å². The topological polar surface area (TPSA) is 133 Å². The standard InChI is InChI=1S/C14H12O2.C8H9AsClNO5/c1-16-13-10-6-5-9-12(13)14(15)11-7-3-2-4-8-11;1-4(12)11-8-6(9(14,15)16)2-5(10)3-7(8)13/h2-10H,1H3;2-3,13H,1H3,(H,11,12)(H2,14,15,16). The van der Waals surface area contributed by atoms with E-state index in [1.165, 1.54) is 0 Å². The van der Waals surface area contributed by atoms with Crippen LogP contribution in [0.15, 0.2) is 66.7 Å². The molecule has 0 aliphatic rings. The zero-order valence-electron chi connectivity index (χ0n) is 17.2. The summed E-state index contributed by atoms with van der Waals surface area (Å²) >= 11 is 0.295. The van der Waals surface area contributed by atoms with Crippen molar-refractivity contribution in [3.05, 3.63) is 82.9 Å².